The van der Waals surface area contributed by atoms with Gasteiger partial charge >= 0.3 is 0 Å². The van der Waals surface area contributed by atoms with Crippen molar-refractivity contribution in [2.75, 3.05) is 11.9 Å². The molecule has 168 valence electrons. The molecular formula is C29H25N3OS. The zero-order chi connectivity index (χ0) is 23.3. The summed E-state index contributed by atoms with van der Waals surface area (Å²) in [6.45, 7) is 2.29. The molecule has 5 aromatic rings. The Morgan fingerprint density at radius 2 is 1.50 bits per heavy atom. The Morgan fingerprint density at radius 1 is 0.853 bits per heavy atom. The van der Waals surface area contributed by atoms with Gasteiger partial charge in [0.1, 0.15) is 5.01 Å². The van der Waals surface area contributed by atoms with E-state index in [2.05, 4.69) is 60.0 Å². The molecule has 0 saturated carbocycles. The van der Waals surface area contributed by atoms with E-state index in [1.165, 1.54) is 10.3 Å². The smallest absolute Gasteiger partial charge is 0.238 e. The third-order valence-corrected chi connectivity index (χ3v) is 6.76. The van der Waals surface area contributed by atoms with Crippen LogP contribution in [0.4, 0.5) is 5.69 Å². The SMILES string of the molecule is Cc1ccc2nc(-c3ccc(NC(=O)CNC(c4ccccc4)c4ccccc4)cc3)sc2c1. The number of carbonyl (C=O) groups excluding carboxylic acids is 1. The summed E-state index contributed by atoms with van der Waals surface area (Å²) < 4.78 is 1.19. The lowest BCUT2D eigenvalue weighted by molar-refractivity contribution is -0.115. The lowest BCUT2D eigenvalue weighted by Crippen LogP contribution is -2.31. The Bertz CT molecular complexity index is 1360. The monoisotopic (exact) mass is 463 g/mol. The van der Waals surface area contributed by atoms with Crippen molar-refractivity contribution < 1.29 is 4.79 Å². The van der Waals surface area contributed by atoms with Crippen LogP contribution in [0.15, 0.2) is 103 Å². The largest absolute Gasteiger partial charge is 0.325 e. The van der Waals surface area contributed by atoms with Crippen molar-refractivity contribution in [3.05, 3.63) is 120 Å². The minimum Gasteiger partial charge on any atom is -0.325 e. The minimum atomic E-state index is -0.0833. The summed E-state index contributed by atoms with van der Waals surface area (Å²) in [5, 5.41) is 7.38. The van der Waals surface area contributed by atoms with Crippen LogP contribution >= 0.6 is 11.3 Å². The van der Waals surface area contributed by atoms with Crippen molar-refractivity contribution >= 4 is 33.1 Å². The van der Waals surface area contributed by atoms with Crippen LogP contribution in [0.25, 0.3) is 20.8 Å². The molecule has 0 aliphatic rings. The third-order valence-electron chi connectivity index (χ3n) is 5.69. The number of carbonyl (C=O) groups is 1. The second-order valence-electron chi connectivity index (χ2n) is 8.25. The van der Waals surface area contributed by atoms with Gasteiger partial charge in [0.05, 0.1) is 22.8 Å². The standard InChI is InChI=1S/C29H25N3OS/c1-20-12-17-25-26(18-20)34-29(32-25)23-13-15-24(16-14-23)31-27(33)19-30-28(21-8-4-2-5-9-21)22-10-6-3-7-11-22/h2-18,28,30H,19H2,1H3,(H,31,33). The van der Waals surface area contributed by atoms with Crippen LogP contribution in [0, 0.1) is 6.92 Å². The van der Waals surface area contributed by atoms with Crippen molar-refractivity contribution in [3.8, 4) is 10.6 Å². The Balaban J connectivity index is 1.25. The van der Waals surface area contributed by atoms with Gasteiger partial charge in [0.15, 0.2) is 0 Å². The number of aromatic nitrogens is 1. The number of thiazole rings is 1. The lowest BCUT2D eigenvalue weighted by atomic mass is 9.99. The maximum absolute atomic E-state index is 12.7. The number of fused-ring (bicyclic) bond motifs is 1. The number of nitrogens with zero attached hydrogens (tertiary/aromatic N) is 1. The quantitative estimate of drug-likeness (QED) is 0.286. The average molecular weight is 464 g/mol. The van der Waals surface area contributed by atoms with Crippen LogP contribution in [0.5, 0.6) is 0 Å². The molecule has 0 unspecified atom stereocenters. The van der Waals surface area contributed by atoms with Gasteiger partial charge in [-0.05, 0) is 60.0 Å². The number of aryl methyl sites for hydroxylation is 1. The van der Waals surface area contributed by atoms with Crippen LogP contribution < -0.4 is 10.6 Å². The zero-order valence-electron chi connectivity index (χ0n) is 18.9. The first kappa shape index (κ1) is 22.0. The number of nitrogens with one attached hydrogen (secondary N) is 2. The Hall–Kier alpha value is -3.80. The molecule has 0 bridgehead atoms. The molecule has 4 aromatic carbocycles. The van der Waals surface area contributed by atoms with E-state index >= 15 is 0 Å². The fourth-order valence-electron chi connectivity index (χ4n) is 3.97. The van der Waals surface area contributed by atoms with Gasteiger partial charge in [-0.15, -0.1) is 11.3 Å². The van der Waals surface area contributed by atoms with E-state index in [4.69, 9.17) is 4.98 Å². The van der Waals surface area contributed by atoms with Crippen LogP contribution in [0.2, 0.25) is 0 Å². The van der Waals surface area contributed by atoms with Crippen molar-refractivity contribution in [1.82, 2.24) is 10.3 Å². The van der Waals surface area contributed by atoms with Gasteiger partial charge < -0.3 is 5.32 Å². The summed E-state index contributed by atoms with van der Waals surface area (Å²) in [7, 11) is 0. The highest BCUT2D eigenvalue weighted by Gasteiger charge is 2.15. The zero-order valence-corrected chi connectivity index (χ0v) is 19.7. The molecule has 0 spiro atoms. The molecule has 1 amide bonds. The second kappa shape index (κ2) is 10.00. The Morgan fingerprint density at radius 3 is 2.15 bits per heavy atom. The fourth-order valence-corrected chi connectivity index (χ4v) is 5.04. The summed E-state index contributed by atoms with van der Waals surface area (Å²) in [6.07, 6.45) is 0. The summed E-state index contributed by atoms with van der Waals surface area (Å²) in [5.41, 5.74) is 6.30. The lowest BCUT2D eigenvalue weighted by Gasteiger charge is -2.19. The number of amides is 1. The summed E-state index contributed by atoms with van der Waals surface area (Å²) in [5.74, 6) is -0.0833. The molecule has 4 nitrogen and oxygen atoms in total. The first-order valence-corrected chi connectivity index (χ1v) is 12.1. The van der Waals surface area contributed by atoms with Gasteiger partial charge in [-0.25, -0.2) is 4.98 Å². The number of anilines is 1. The normalized spacial score (nSPS) is 11.1. The van der Waals surface area contributed by atoms with Crippen LogP contribution in [-0.2, 0) is 4.79 Å². The summed E-state index contributed by atoms with van der Waals surface area (Å²) >= 11 is 1.68. The molecule has 5 heteroatoms. The van der Waals surface area contributed by atoms with Crippen LogP contribution in [0.1, 0.15) is 22.7 Å². The first-order chi connectivity index (χ1) is 16.7. The van der Waals surface area contributed by atoms with E-state index in [9.17, 15) is 4.79 Å². The molecule has 0 fully saturated rings. The Labute approximate surface area is 203 Å². The van der Waals surface area contributed by atoms with E-state index < -0.39 is 0 Å². The number of rotatable bonds is 7. The molecule has 0 atom stereocenters. The molecule has 1 aromatic heterocycles. The molecule has 0 aliphatic carbocycles. The highest BCUT2D eigenvalue weighted by Crippen LogP contribution is 2.31. The van der Waals surface area contributed by atoms with Crippen molar-refractivity contribution in [2.45, 2.75) is 13.0 Å². The fraction of sp³-hybridized carbons (Fsp3) is 0.103. The molecule has 0 aliphatic heterocycles. The van der Waals surface area contributed by atoms with E-state index in [0.717, 1.165) is 32.9 Å². The van der Waals surface area contributed by atoms with E-state index in [1.54, 1.807) is 11.3 Å². The molecule has 34 heavy (non-hydrogen) atoms. The first-order valence-electron chi connectivity index (χ1n) is 11.3. The topological polar surface area (TPSA) is 54.0 Å². The van der Waals surface area contributed by atoms with Gasteiger partial charge in [-0.2, -0.15) is 0 Å². The molecular weight excluding hydrogens is 438 g/mol. The van der Waals surface area contributed by atoms with Crippen LogP contribution in [-0.4, -0.2) is 17.4 Å². The summed E-state index contributed by atoms with van der Waals surface area (Å²) in [4.78, 5) is 17.4. The van der Waals surface area contributed by atoms with E-state index in [0.29, 0.717) is 0 Å². The van der Waals surface area contributed by atoms with E-state index in [-0.39, 0.29) is 18.5 Å². The van der Waals surface area contributed by atoms with Gasteiger partial charge in [-0.1, -0.05) is 66.7 Å². The molecule has 5 rings (SSSR count). The maximum Gasteiger partial charge on any atom is 0.238 e. The van der Waals surface area contributed by atoms with Gasteiger partial charge in [0.25, 0.3) is 0 Å². The number of hydrogen-bond donors (Lipinski definition) is 2. The molecule has 1 heterocycles. The molecule has 0 radical (unpaired) electrons. The highest BCUT2D eigenvalue weighted by molar-refractivity contribution is 7.21. The maximum atomic E-state index is 12.7. The number of hydrogen-bond acceptors (Lipinski definition) is 4. The van der Waals surface area contributed by atoms with Gasteiger partial charge in [-0.3, -0.25) is 10.1 Å². The third kappa shape index (κ3) is 5.06. The van der Waals surface area contributed by atoms with Crippen LogP contribution in [0.3, 0.4) is 0 Å². The van der Waals surface area contributed by atoms with Crippen molar-refractivity contribution in [1.29, 1.82) is 0 Å². The molecule has 0 saturated heterocycles. The number of benzene rings is 4. The van der Waals surface area contributed by atoms with Gasteiger partial charge in [0.2, 0.25) is 5.91 Å². The van der Waals surface area contributed by atoms with Crippen molar-refractivity contribution in [3.63, 3.8) is 0 Å². The predicted molar refractivity (Wildman–Crippen MR) is 141 cm³/mol. The highest BCUT2D eigenvalue weighted by atomic mass is 32.1. The Kier molecular flexibility index (Phi) is 6.47. The molecule has 2 N–H and O–H groups in total. The van der Waals surface area contributed by atoms with E-state index in [1.807, 2.05) is 60.7 Å². The predicted octanol–water partition coefficient (Wildman–Crippen LogP) is 6.59. The van der Waals surface area contributed by atoms with Gasteiger partial charge in [0, 0.05) is 11.3 Å². The second-order valence-corrected chi connectivity index (χ2v) is 9.28. The summed E-state index contributed by atoms with van der Waals surface area (Å²) in [6, 6.07) is 34.5. The van der Waals surface area contributed by atoms with Crippen molar-refractivity contribution in [2.24, 2.45) is 0 Å². The minimum absolute atomic E-state index is 0.0572. The average Bonchev–Trinajstić information content (AvgIpc) is 3.29.